The summed E-state index contributed by atoms with van der Waals surface area (Å²) in [6.45, 7) is 1.83. The number of carbonyl (C=O) groups is 2. The molecule has 0 aliphatic heterocycles. The van der Waals surface area contributed by atoms with Crippen molar-refractivity contribution < 1.29 is 18.7 Å². The Labute approximate surface area is 199 Å². The molecule has 2 amide bonds. The molecule has 0 saturated heterocycles. The van der Waals surface area contributed by atoms with E-state index in [-0.39, 0.29) is 22.8 Å². The molecule has 2 aromatic heterocycles. The Morgan fingerprint density at radius 1 is 1.09 bits per heavy atom. The third kappa shape index (κ3) is 5.82. The maximum Gasteiger partial charge on any atom is 0.291 e. The van der Waals surface area contributed by atoms with Crippen LogP contribution in [0.5, 0.6) is 5.75 Å². The van der Waals surface area contributed by atoms with Crippen molar-refractivity contribution in [3.8, 4) is 17.0 Å². The van der Waals surface area contributed by atoms with Crippen LogP contribution in [-0.4, -0.2) is 29.2 Å². The molecule has 4 aromatic rings. The molecule has 1 unspecified atom stereocenters. The van der Waals surface area contributed by atoms with Crippen molar-refractivity contribution in [1.29, 1.82) is 0 Å². The fraction of sp³-hybridized carbons (Fsp3) is 0.125. The van der Waals surface area contributed by atoms with E-state index in [1.54, 1.807) is 25.3 Å². The summed E-state index contributed by atoms with van der Waals surface area (Å²) in [5, 5.41) is 7.75. The Bertz CT molecular complexity index is 1240. The van der Waals surface area contributed by atoms with E-state index in [4.69, 9.17) is 9.15 Å². The molecule has 0 saturated carbocycles. The van der Waals surface area contributed by atoms with E-state index in [0.717, 1.165) is 21.9 Å². The lowest BCUT2D eigenvalue weighted by molar-refractivity contribution is -0.115. The zero-order valence-corrected chi connectivity index (χ0v) is 19.5. The highest BCUT2D eigenvalue weighted by molar-refractivity contribution is 8.00. The number of nitrogens with zero attached hydrogens (tertiary/aromatic N) is 1. The lowest BCUT2D eigenvalue weighted by atomic mass is 10.2. The van der Waals surface area contributed by atoms with E-state index in [2.05, 4.69) is 15.6 Å². The number of nitrogens with one attached hydrogen (secondary N) is 2. The van der Waals surface area contributed by atoms with Crippen molar-refractivity contribution in [3.05, 3.63) is 78.1 Å². The first kappa shape index (κ1) is 22.6. The summed E-state index contributed by atoms with van der Waals surface area (Å²) in [5.41, 5.74) is 2.36. The van der Waals surface area contributed by atoms with Crippen LogP contribution in [0.25, 0.3) is 11.3 Å². The number of benzene rings is 2. The van der Waals surface area contributed by atoms with Crippen LogP contribution >= 0.6 is 23.1 Å². The third-order valence-electron chi connectivity index (χ3n) is 4.64. The number of amides is 2. The van der Waals surface area contributed by atoms with Crippen molar-refractivity contribution in [2.75, 3.05) is 17.7 Å². The Balaban J connectivity index is 1.35. The van der Waals surface area contributed by atoms with Gasteiger partial charge in [0, 0.05) is 21.5 Å². The Hall–Kier alpha value is -3.56. The molecule has 0 aliphatic carbocycles. The Morgan fingerprint density at radius 2 is 1.91 bits per heavy atom. The van der Waals surface area contributed by atoms with Crippen molar-refractivity contribution in [2.24, 2.45) is 0 Å². The predicted molar refractivity (Wildman–Crippen MR) is 131 cm³/mol. The highest BCUT2D eigenvalue weighted by Gasteiger charge is 2.17. The molecule has 0 radical (unpaired) electrons. The fourth-order valence-electron chi connectivity index (χ4n) is 2.94. The smallest absolute Gasteiger partial charge is 0.291 e. The standard InChI is InChI=1S/C24H21N3O4S2/c1-15(33-19-6-3-5-17(13-19)25-23(29)21-7-4-12-31-21)22(28)27-24-26-20(14-32-24)16-8-10-18(30-2)11-9-16/h3-15H,1-2H3,(H,25,29)(H,26,27,28). The second kappa shape index (κ2) is 10.4. The molecule has 0 fully saturated rings. The molecular formula is C24H21N3O4S2. The monoisotopic (exact) mass is 479 g/mol. The van der Waals surface area contributed by atoms with Gasteiger partial charge >= 0.3 is 0 Å². The predicted octanol–water partition coefficient (Wildman–Crippen LogP) is 5.78. The number of aromatic nitrogens is 1. The van der Waals surface area contributed by atoms with Crippen LogP contribution < -0.4 is 15.4 Å². The second-order valence-electron chi connectivity index (χ2n) is 6.97. The van der Waals surface area contributed by atoms with Crippen LogP contribution in [-0.2, 0) is 4.79 Å². The molecule has 33 heavy (non-hydrogen) atoms. The van der Waals surface area contributed by atoms with Gasteiger partial charge in [-0.1, -0.05) is 6.07 Å². The summed E-state index contributed by atoms with van der Waals surface area (Å²) < 4.78 is 10.3. The molecule has 9 heteroatoms. The second-order valence-corrected chi connectivity index (χ2v) is 9.25. The van der Waals surface area contributed by atoms with E-state index >= 15 is 0 Å². The molecule has 168 valence electrons. The van der Waals surface area contributed by atoms with Crippen molar-refractivity contribution in [2.45, 2.75) is 17.1 Å². The lowest BCUT2D eigenvalue weighted by Gasteiger charge is -2.11. The molecule has 0 spiro atoms. The minimum atomic E-state index is -0.366. The summed E-state index contributed by atoms with van der Waals surface area (Å²) in [5.74, 6) is 0.529. The minimum absolute atomic E-state index is 0.152. The molecule has 4 rings (SSSR count). The molecule has 1 atom stereocenters. The minimum Gasteiger partial charge on any atom is -0.497 e. The summed E-state index contributed by atoms with van der Waals surface area (Å²) in [6.07, 6.45) is 1.45. The van der Waals surface area contributed by atoms with Crippen molar-refractivity contribution in [3.63, 3.8) is 0 Å². The van der Waals surface area contributed by atoms with Crippen LogP contribution in [0.15, 0.2) is 81.6 Å². The Morgan fingerprint density at radius 3 is 2.64 bits per heavy atom. The summed E-state index contributed by atoms with van der Waals surface area (Å²) in [4.78, 5) is 30.2. The SMILES string of the molecule is COc1ccc(-c2csc(NC(=O)C(C)Sc3cccc(NC(=O)c4ccco4)c3)n2)cc1. The van der Waals surface area contributed by atoms with Crippen LogP contribution in [0.2, 0.25) is 0 Å². The van der Waals surface area contributed by atoms with Gasteiger partial charge in [0.2, 0.25) is 5.91 Å². The number of hydrogen-bond acceptors (Lipinski definition) is 7. The number of ether oxygens (including phenoxy) is 1. The van der Waals surface area contributed by atoms with Gasteiger partial charge in [-0.3, -0.25) is 9.59 Å². The van der Waals surface area contributed by atoms with Gasteiger partial charge in [0.25, 0.3) is 5.91 Å². The highest BCUT2D eigenvalue weighted by atomic mass is 32.2. The Kier molecular flexibility index (Phi) is 7.11. The summed E-state index contributed by atoms with van der Waals surface area (Å²) >= 11 is 2.77. The van der Waals surface area contributed by atoms with E-state index in [1.807, 2.05) is 54.8 Å². The van der Waals surface area contributed by atoms with Crippen molar-refractivity contribution >= 4 is 45.7 Å². The largest absolute Gasteiger partial charge is 0.497 e. The van der Waals surface area contributed by atoms with Crippen molar-refractivity contribution in [1.82, 2.24) is 4.98 Å². The molecule has 2 aromatic carbocycles. The van der Waals surface area contributed by atoms with Gasteiger partial charge in [-0.05, 0) is 61.5 Å². The van der Waals surface area contributed by atoms with Gasteiger partial charge in [-0.2, -0.15) is 0 Å². The normalized spacial score (nSPS) is 11.6. The lowest BCUT2D eigenvalue weighted by Crippen LogP contribution is -2.22. The van der Waals surface area contributed by atoms with Crippen LogP contribution in [0.1, 0.15) is 17.5 Å². The molecule has 0 bridgehead atoms. The average molecular weight is 480 g/mol. The van der Waals surface area contributed by atoms with Gasteiger partial charge in [0.05, 0.1) is 24.3 Å². The first-order chi connectivity index (χ1) is 16.0. The number of anilines is 2. The average Bonchev–Trinajstić information content (AvgIpc) is 3.52. The molecule has 2 N–H and O–H groups in total. The number of carbonyl (C=O) groups excluding carboxylic acids is 2. The molecule has 7 nitrogen and oxygen atoms in total. The topological polar surface area (TPSA) is 93.5 Å². The van der Waals surface area contributed by atoms with Crippen LogP contribution in [0, 0.1) is 0 Å². The number of thiazole rings is 1. The van der Waals surface area contributed by atoms with E-state index in [1.165, 1.54) is 29.4 Å². The maximum absolute atomic E-state index is 12.7. The van der Waals surface area contributed by atoms with Gasteiger partial charge < -0.3 is 19.8 Å². The molecular weight excluding hydrogens is 458 g/mol. The third-order valence-corrected chi connectivity index (χ3v) is 6.49. The quantitative estimate of drug-likeness (QED) is 0.311. The van der Waals surface area contributed by atoms with Gasteiger partial charge in [0.1, 0.15) is 5.75 Å². The van der Waals surface area contributed by atoms with E-state index in [0.29, 0.717) is 10.8 Å². The molecule has 0 aliphatic rings. The number of methoxy groups -OCH3 is 1. The number of thioether (sulfide) groups is 1. The van der Waals surface area contributed by atoms with Gasteiger partial charge in [-0.15, -0.1) is 23.1 Å². The number of hydrogen-bond donors (Lipinski definition) is 2. The summed E-state index contributed by atoms with van der Waals surface area (Å²) in [7, 11) is 1.62. The molecule has 2 heterocycles. The fourth-order valence-corrected chi connectivity index (χ4v) is 4.59. The van der Waals surface area contributed by atoms with Crippen LogP contribution in [0.4, 0.5) is 10.8 Å². The van der Waals surface area contributed by atoms with Gasteiger partial charge in [-0.25, -0.2) is 4.98 Å². The highest BCUT2D eigenvalue weighted by Crippen LogP contribution is 2.29. The maximum atomic E-state index is 12.7. The van der Waals surface area contributed by atoms with E-state index in [9.17, 15) is 9.59 Å². The number of rotatable bonds is 8. The summed E-state index contributed by atoms with van der Waals surface area (Å²) in [6, 6.07) is 18.2. The first-order valence-corrected chi connectivity index (χ1v) is 11.8. The zero-order chi connectivity index (χ0) is 23.2. The van der Waals surface area contributed by atoms with E-state index < -0.39 is 0 Å². The number of furan rings is 1. The first-order valence-electron chi connectivity index (χ1n) is 10.0. The van der Waals surface area contributed by atoms with Crippen LogP contribution in [0.3, 0.4) is 0 Å². The van der Waals surface area contributed by atoms with Gasteiger partial charge in [0.15, 0.2) is 10.9 Å². The zero-order valence-electron chi connectivity index (χ0n) is 17.9.